The van der Waals surface area contributed by atoms with Crippen LogP contribution in [0.3, 0.4) is 0 Å². The number of nitrogens with zero attached hydrogens (tertiary/aromatic N) is 2. The van der Waals surface area contributed by atoms with Gasteiger partial charge in [0.25, 0.3) is 5.91 Å². The first-order valence-electron chi connectivity index (χ1n) is 10.2. The third kappa shape index (κ3) is 4.62. The van der Waals surface area contributed by atoms with Gasteiger partial charge in [0.1, 0.15) is 11.6 Å². The first kappa shape index (κ1) is 19.9. The van der Waals surface area contributed by atoms with Gasteiger partial charge < -0.3 is 15.0 Å². The summed E-state index contributed by atoms with van der Waals surface area (Å²) in [6.45, 7) is 4.09. The maximum Gasteiger partial charge on any atom is 0.251 e. The monoisotopic (exact) mass is 408 g/mol. The fourth-order valence-electron chi connectivity index (χ4n) is 3.69. The largest absolute Gasteiger partial charge is 0.494 e. The highest BCUT2D eigenvalue weighted by atomic mass is 19.1. The van der Waals surface area contributed by atoms with Gasteiger partial charge in [-0.25, -0.2) is 4.39 Å². The van der Waals surface area contributed by atoms with Crippen LogP contribution >= 0.6 is 0 Å². The summed E-state index contributed by atoms with van der Waals surface area (Å²) in [7, 11) is 0. The molecule has 1 amide bonds. The Hall–Kier alpha value is -3.35. The van der Waals surface area contributed by atoms with Crippen molar-refractivity contribution in [2.24, 2.45) is 0 Å². The maximum atomic E-state index is 13.1. The van der Waals surface area contributed by atoms with Crippen LogP contribution in [-0.4, -0.2) is 41.8 Å². The molecule has 1 aliphatic rings. The predicted molar refractivity (Wildman–Crippen MR) is 114 cm³/mol. The number of piperidine rings is 1. The van der Waals surface area contributed by atoms with E-state index in [0.29, 0.717) is 18.7 Å². The average molecular weight is 408 g/mol. The molecule has 0 radical (unpaired) electrons. The van der Waals surface area contributed by atoms with E-state index in [1.165, 1.54) is 12.1 Å². The molecule has 0 bridgehead atoms. The van der Waals surface area contributed by atoms with Crippen LogP contribution in [-0.2, 0) is 0 Å². The van der Waals surface area contributed by atoms with Crippen molar-refractivity contribution in [3.05, 3.63) is 66.0 Å². The number of amides is 1. The number of aromatic nitrogens is 2. The van der Waals surface area contributed by atoms with Gasteiger partial charge in [-0.3, -0.25) is 9.89 Å². The Morgan fingerprint density at radius 1 is 1.23 bits per heavy atom. The summed E-state index contributed by atoms with van der Waals surface area (Å²) < 4.78 is 18.6. The van der Waals surface area contributed by atoms with E-state index in [2.05, 4.69) is 20.4 Å². The summed E-state index contributed by atoms with van der Waals surface area (Å²) in [5.74, 6) is 1.24. The van der Waals surface area contributed by atoms with Crippen LogP contribution in [0.2, 0.25) is 0 Å². The van der Waals surface area contributed by atoms with Crippen LogP contribution in [0.15, 0.2) is 54.6 Å². The zero-order chi connectivity index (χ0) is 20.9. The third-order valence-electron chi connectivity index (χ3n) is 5.23. The quantitative estimate of drug-likeness (QED) is 0.647. The second-order valence-corrected chi connectivity index (χ2v) is 7.36. The molecule has 1 aliphatic heterocycles. The van der Waals surface area contributed by atoms with Crippen LogP contribution < -0.4 is 15.0 Å². The van der Waals surface area contributed by atoms with Gasteiger partial charge in [-0.15, -0.1) is 0 Å². The number of ether oxygens (including phenoxy) is 1. The minimum atomic E-state index is -0.263. The van der Waals surface area contributed by atoms with Gasteiger partial charge in [0.15, 0.2) is 5.82 Å². The molecule has 4 rings (SSSR count). The first-order chi connectivity index (χ1) is 14.6. The van der Waals surface area contributed by atoms with E-state index >= 15 is 0 Å². The molecule has 0 spiro atoms. The molecule has 0 saturated carbocycles. The van der Waals surface area contributed by atoms with Gasteiger partial charge >= 0.3 is 0 Å². The van der Waals surface area contributed by atoms with Crippen molar-refractivity contribution in [3.63, 3.8) is 0 Å². The molecule has 1 atom stereocenters. The second kappa shape index (κ2) is 8.98. The van der Waals surface area contributed by atoms with Crippen LogP contribution in [0.5, 0.6) is 5.75 Å². The molecule has 156 valence electrons. The number of anilines is 1. The van der Waals surface area contributed by atoms with Crippen molar-refractivity contribution in [2.45, 2.75) is 25.8 Å². The summed E-state index contributed by atoms with van der Waals surface area (Å²) >= 11 is 0. The minimum Gasteiger partial charge on any atom is -0.494 e. The molecule has 6 nitrogen and oxygen atoms in total. The number of halogens is 1. The number of benzene rings is 2. The van der Waals surface area contributed by atoms with Gasteiger partial charge in [-0.1, -0.05) is 0 Å². The molecule has 7 heteroatoms. The van der Waals surface area contributed by atoms with Crippen LogP contribution in [0.4, 0.5) is 10.2 Å². The van der Waals surface area contributed by atoms with Crippen molar-refractivity contribution >= 4 is 11.7 Å². The van der Waals surface area contributed by atoms with Crippen molar-refractivity contribution in [3.8, 4) is 17.0 Å². The van der Waals surface area contributed by atoms with Gasteiger partial charge in [-0.05, 0) is 73.9 Å². The molecule has 2 heterocycles. The molecule has 1 fully saturated rings. The van der Waals surface area contributed by atoms with E-state index in [0.717, 1.165) is 42.2 Å². The van der Waals surface area contributed by atoms with Crippen LogP contribution in [0.25, 0.3) is 11.3 Å². The molecule has 0 unspecified atom stereocenters. The Morgan fingerprint density at radius 2 is 2.00 bits per heavy atom. The molecule has 1 saturated heterocycles. The zero-order valence-corrected chi connectivity index (χ0v) is 16.9. The summed E-state index contributed by atoms with van der Waals surface area (Å²) in [6.07, 6.45) is 1.89. The van der Waals surface area contributed by atoms with E-state index in [9.17, 15) is 9.18 Å². The predicted octanol–water partition coefficient (Wildman–Crippen LogP) is 4.01. The number of carbonyl (C=O) groups excluding carboxylic acids is 1. The normalized spacial score (nSPS) is 16.3. The SMILES string of the molecule is CCOc1ccc(C(=O)N[C@H]2CCCN(c3cc(-c4ccc(F)cc4)[nH]n3)C2)cc1. The summed E-state index contributed by atoms with van der Waals surface area (Å²) in [6, 6.07) is 15.5. The molecular weight excluding hydrogens is 383 g/mol. The molecular formula is C23H25FN4O2. The van der Waals surface area contributed by atoms with Gasteiger partial charge in [-0.2, -0.15) is 5.10 Å². The summed E-state index contributed by atoms with van der Waals surface area (Å²) in [4.78, 5) is 14.8. The fourth-order valence-corrected chi connectivity index (χ4v) is 3.69. The highest BCUT2D eigenvalue weighted by Gasteiger charge is 2.23. The highest BCUT2D eigenvalue weighted by Crippen LogP contribution is 2.24. The second-order valence-electron chi connectivity index (χ2n) is 7.36. The zero-order valence-electron chi connectivity index (χ0n) is 16.9. The Bertz CT molecular complexity index is 985. The van der Waals surface area contributed by atoms with E-state index in [1.54, 1.807) is 24.3 Å². The number of hydrogen-bond acceptors (Lipinski definition) is 4. The number of hydrogen-bond donors (Lipinski definition) is 2. The van der Waals surface area contributed by atoms with E-state index in [1.807, 2.05) is 25.1 Å². The van der Waals surface area contributed by atoms with E-state index < -0.39 is 0 Å². The average Bonchev–Trinajstić information content (AvgIpc) is 3.25. The van der Waals surface area contributed by atoms with Crippen molar-refractivity contribution in [1.29, 1.82) is 0 Å². The maximum absolute atomic E-state index is 13.1. The Morgan fingerprint density at radius 3 is 2.73 bits per heavy atom. The standard InChI is InChI=1S/C23H25FN4O2/c1-2-30-20-11-7-17(8-12-20)23(29)25-19-4-3-13-28(15-19)22-14-21(26-27-22)16-5-9-18(24)10-6-16/h5-12,14,19H,2-4,13,15H2,1H3,(H,25,29)(H,26,27)/t19-/m0/s1. The van der Waals surface area contributed by atoms with Gasteiger partial charge in [0, 0.05) is 30.8 Å². The first-order valence-corrected chi connectivity index (χ1v) is 10.2. The highest BCUT2D eigenvalue weighted by molar-refractivity contribution is 5.94. The lowest BCUT2D eigenvalue weighted by molar-refractivity contribution is 0.0933. The Kier molecular flexibility index (Phi) is 5.97. The lowest BCUT2D eigenvalue weighted by Crippen LogP contribution is -2.48. The van der Waals surface area contributed by atoms with E-state index in [4.69, 9.17) is 4.74 Å². The lowest BCUT2D eigenvalue weighted by atomic mass is 10.0. The number of nitrogens with one attached hydrogen (secondary N) is 2. The smallest absolute Gasteiger partial charge is 0.251 e. The number of rotatable bonds is 6. The molecule has 1 aromatic heterocycles. The van der Waals surface area contributed by atoms with E-state index in [-0.39, 0.29) is 17.8 Å². The molecule has 2 aromatic carbocycles. The van der Waals surface area contributed by atoms with Crippen LogP contribution in [0, 0.1) is 5.82 Å². The number of carbonyl (C=O) groups is 1. The Labute approximate surface area is 175 Å². The Balaban J connectivity index is 1.38. The van der Waals surface area contributed by atoms with Crippen molar-refractivity contribution in [2.75, 3.05) is 24.6 Å². The minimum absolute atomic E-state index is 0.0452. The third-order valence-corrected chi connectivity index (χ3v) is 5.23. The van der Waals surface area contributed by atoms with Crippen molar-refractivity contribution < 1.29 is 13.9 Å². The molecule has 30 heavy (non-hydrogen) atoms. The fraction of sp³-hybridized carbons (Fsp3) is 0.304. The van der Waals surface area contributed by atoms with Gasteiger partial charge in [0.05, 0.1) is 12.3 Å². The summed E-state index contributed by atoms with van der Waals surface area (Å²) in [5.41, 5.74) is 2.34. The molecule has 3 aromatic rings. The summed E-state index contributed by atoms with van der Waals surface area (Å²) in [5, 5.41) is 10.6. The molecule has 2 N–H and O–H groups in total. The lowest BCUT2D eigenvalue weighted by Gasteiger charge is -2.33. The molecule has 0 aliphatic carbocycles. The number of H-pyrrole nitrogens is 1. The topological polar surface area (TPSA) is 70.2 Å². The number of aromatic amines is 1. The van der Waals surface area contributed by atoms with Crippen LogP contribution in [0.1, 0.15) is 30.1 Å². The van der Waals surface area contributed by atoms with Gasteiger partial charge in [0.2, 0.25) is 0 Å². The van der Waals surface area contributed by atoms with Crippen molar-refractivity contribution in [1.82, 2.24) is 15.5 Å².